The van der Waals surface area contributed by atoms with Crippen molar-refractivity contribution >= 4 is 27.1 Å². The molecule has 0 radical (unpaired) electrons. The predicted molar refractivity (Wildman–Crippen MR) is 98.6 cm³/mol. The van der Waals surface area contributed by atoms with Crippen molar-refractivity contribution in [2.24, 2.45) is 7.05 Å². The van der Waals surface area contributed by atoms with Crippen LogP contribution in [0.2, 0.25) is 0 Å². The van der Waals surface area contributed by atoms with Gasteiger partial charge in [-0.05, 0) is 58.9 Å². The molecule has 1 aliphatic rings. The van der Waals surface area contributed by atoms with Crippen molar-refractivity contribution in [3.8, 4) is 5.69 Å². The largest absolute Gasteiger partial charge is 0.611 e. The zero-order valence-corrected chi connectivity index (χ0v) is 17.0. The van der Waals surface area contributed by atoms with Crippen LogP contribution in [0.1, 0.15) is 31.4 Å². The van der Waals surface area contributed by atoms with Crippen LogP contribution >= 0.6 is 15.9 Å². The average molecular weight is 483 g/mol. The van der Waals surface area contributed by atoms with Crippen molar-refractivity contribution in [1.82, 2.24) is 9.13 Å². The van der Waals surface area contributed by atoms with Crippen molar-refractivity contribution in [2.75, 3.05) is 0 Å². The number of halogens is 5. The van der Waals surface area contributed by atoms with Crippen LogP contribution < -0.4 is 11.2 Å². The van der Waals surface area contributed by atoms with Gasteiger partial charge in [-0.15, -0.1) is 0 Å². The molecule has 0 saturated heterocycles. The fourth-order valence-corrected chi connectivity index (χ4v) is 5.64. The maximum absolute atomic E-state index is 14.5. The second-order valence-electron chi connectivity index (χ2n) is 6.48. The molecule has 0 N–H and O–H groups in total. The molecule has 5 nitrogen and oxygen atoms in total. The summed E-state index contributed by atoms with van der Waals surface area (Å²) < 4.78 is 67.1. The van der Waals surface area contributed by atoms with Gasteiger partial charge in [-0.2, -0.15) is 13.2 Å². The van der Waals surface area contributed by atoms with Crippen LogP contribution in [0.25, 0.3) is 5.69 Å². The Hall–Kier alpha value is -1.59. The second-order valence-corrected chi connectivity index (χ2v) is 9.04. The van der Waals surface area contributed by atoms with Gasteiger partial charge in [0.2, 0.25) is 0 Å². The van der Waals surface area contributed by atoms with E-state index in [0.29, 0.717) is 4.57 Å². The van der Waals surface area contributed by atoms with E-state index in [1.54, 1.807) is 0 Å². The summed E-state index contributed by atoms with van der Waals surface area (Å²) in [5, 5.41) is -0.137. The van der Waals surface area contributed by atoms with Gasteiger partial charge >= 0.3 is 11.9 Å². The lowest BCUT2D eigenvalue weighted by atomic mass is 10.3. The van der Waals surface area contributed by atoms with Gasteiger partial charge in [0, 0.05) is 19.2 Å². The number of alkyl halides is 3. The van der Waals surface area contributed by atoms with E-state index in [9.17, 15) is 31.7 Å². The van der Waals surface area contributed by atoms with Gasteiger partial charge in [-0.3, -0.25) is 9.36 Å². The maximum atomic E-state index is 14.5. The zero-order chi connectivity index (χ0) is 20.8. The minimum Gasteiger partial charge on any atom is -0.611 e. The number of rotatable bonds is 3. The first-order valence-corrected chi connectivity index (χ1v) is 10.3. The molecule has 1 aromatic carbocycles. The summed E-state index contributed by atoms with van der Waals surface area (Å²) in [5.41, 5.74) is -4.65. The van der Waals surface area contributed by atoms with Crippen molar-refractivity contribution in [3.05, 3.63) is 55.0 Å². The summed E-state index contributed by atoms with van der Waals surface area (Å²) in [5.74, 6) is -1.00. The monoisotopic (exact) mass is 482 g/mol. The van der Waals surface area contributed by atoms with E-state index in [1.807, 2.05) is 0 Å². The van der Waals surface area contributed by atoms with Gasteiger partial charge in [-0.25, -0.2) is 13.8 Å². The van der Waals surface area contributed by atoms with Crippen molar-refractivity contribution < 1.29 is 22.1 Å². The number of hydrogen-bond acceptors (Lipinski definition) is 3. The van der Waals surface area contributed by atoms with Crippen LogP contribution in [0, 0.1) is 5.82 Å². The minimum absolute atomic E-state index is 0.137. The smallest absolute Gasteiger partial charge is 0.431 e. The number of aromatic nitrogens is 2. The molecule has 0 spiro atoms. The van der Waals surface area contributed by atoms with Crippen molar-refractivity contribution in [1.29, 1.82) is 0 Å². The van der Waals surface area contributed by atoms with E-state index in [2.05, 4.69) is 15.9 Å². The SMILES string of the molecule is Cn1c(C(F)(F)F)cc(=O)n(-c2cc([S+]([O-])C3CCCC3)c(Br)cc2F)c1=O. The summed E-state index contributed by atoms with van der Waals surface area (Å²) >= 11 is 1.62. The van der Waals surface area contributed by atoms with Crippen LogP contribution in [-0.4, -0.2) is 18.9 Å². The molecule has 0 aliphatic heterocycles. The molecule has 1 aromatic heterocycles. The van der Waals surface area contributed by atoms with Gasteiger partial charge in [0.25, 0.3) is 5.56 Å². The fraction of sp³-hybridized carbons (Fsp3) is 0.412. The first-order chi connectivity index (χ1) is 13.0. The molecule has 11 heteroatoms. The molecule has 1 fully saturated rings. The first-order valence-electron chi connectivity index (χ1n) is 8.32. The lowest BCUT2D eigenvalue weighted by Crippen LogP contribution is -2.41. The molecule has 1 unspecified atom stereocenters. The fourth-order valence-electron chi connectivity index (χ4n) is 3.25. The third kappa shape index (κ3) is 3.79. The molecule has 1 aliphatic carbocycles. The van der Waals surface area contributed by atoms with Crippen molar-refractivity contribution in [2.45, 2.75) is 42.0 Å². The van der Waals surface area contributed by atoms with Crippen LogP contribution in [0.15, 0.2) is 37.2 Å². The highest BCUT2D eigenvalue weighted by Crippen LogP contribution is 2.35. The molecule has 1 saturated carbocycles. The van der Waals surface area contributed by atoms with Gasteiger partial charge in [0.1, 0.15) is 16.8 Å². The standard InChI is InChI=1S/C17H15BrF4N2O3S/c1-23-14(17(20,21)22)8-15(25)24(16(23)26)12-7-13(10(18)6-11(12)19)28(27)9-4-2-3-5-9/h6-9H,2-5H2,1H3. The van der Waals surface area contributed by atoms with Crippen LogP contribution in [0.5, 0.6) is 0 Å². The molecule has 0 amide bonds. The van der Waals surface area contributed by atoms with Crippen molar-refractivity contribution in [3.63, 3.8) is 0 Å². The Balaban J connectivity index is 2.19. The summed E-state index contributed by atoms with van der Waals surface area (Å²) in [7, 11) is 0.843. The normalized spacial score (nSPS) is 16.5. The summed E-state index contributed by atoms with van der Waals surface area (Å²) in [4.78, 5) is 24.8. The highest BCUT2D eigenvalue weighted by molar-refractivity contribution is 9.10. The van der Waals surface area contributed by atoms with E-state index in [4.69, 9.17) is 0 Å². The molecule has 1 atom stereocenters. The lowest BCUT2D eigenvalue weighted by Gasteiger charge is -2.19. The molecule has 3 rings (SSSR count). The topological polar surface area (TPSA) is 67.1 Å². The Morgan fingerprint density at radius 3 is 2.36 bits per heavy atom. The Morgan fingerprint density at radius 1 is 1.18 bits per heavy atom. The summed E-state index contributed by atoms with van der Waals surface area (Å²) in [6.07, 6.45) is -1.62. The Kier molecular flexibility index (Phi) is 5.79. The van der Waals surface area contributed by atoms with Crippen LogP contribution in [0.3, 0.4) is 0 Å². The molecule has 1 heterocycles. The van der Waals surface area contributed by atoms with Gasteiger partial charge in [0.05, 0.1) is 10.2 Å². The van der Waals surface area contributed by atoms with Gasteiger partial charge in [-0.1, -0.05) is 0 Å². The molecular formula is C17H15BrF4N2O3S. The third-order valence-corrected chi connectivity index (χ3v) is 7.44. The quantitative estimate of drug-likeness (QED) is 0.496. The minimum atomic E-state index is -4.92. The highest BCUT2D eigenvalue weighted by atomic mass is 79.9. The Morgan fingerprint density at radius 2 is 1.79 bits per heavy atom. The Labute approximate surface area is 168 Å². The van der Waals surface area contributed by atoms with Crippen LogP contribution in [0.4, 0.5) is 17.6 Å². The van der Waals surface area contributed by atoms with Gasteiger partial charge < -0.3 is 4.55 Å². The van der Waals surface area contributed by atoms with Gasteiger partial charge in [0.15, 0.2) is 4.90 Å². The number of benzene rings is 1. The molecule has 28 heavy (non-hydrogen) atoms. The van der Waals surface area contributed by atoms with Crippen LogP contribution in [-0.2, 0) is 24.4 Å². The molecule has 152 valence electrons. The number of hydrogen-bond donors (Lipinski definition) is 0. The molecular weight excluding hydrogens is 468 g/mol. The number of nitrogens with zero attached hydrogens (tertiary/aromatic N) is 2. The average Bonchev–Trinajstić information content (AvgIpc) is 3.13. The van der Waals surface area contributed by atoms with E-state index < -0.39 is 45.8 Å². The molecule has 0 bridgehead atoms. The van der Waals surface area contributed by atoms with E-state index in [1.165, 1.54) is 0 Å². The third-order valence-electron chi connectivity index (χ3n) is 4.67. The zero-order valence-electron chi connectivity index (χ0n) is 14.6. The summed E-state index contributed by atoms with van der Waals surface area (Å²) in [6.45, 7) is 0. The molecule has 2 aromatic rings. The van der Waals surface area contributed by atoms with E-state index in [0.717, 1.165) is 44.9 Å². The Bertz CT molecular complexity index is 1030. The summed E-state index contributed by atoms with van der Waals surface area (Å²) in [6, 6.07) is 2.28. The maximum Gasteiger partial charge on any atom is 0.431 e. The van der Waals surface area contributed by atoms with E-state index in [-0.39, 0.29) is 25.3 Å². The van der Waals surface area contributed by atoms with E-state index >= 15 is 0 Å². The lowest BCUT2D eigenvalue weighted by molar-refractivity contribution is -0.144. The predicted octanol–water partition coefficient (Wildman–Crippen LogP) is 3.51. The second kappa shape index (κ2) is 7.68. The first kappa shape index (κ1) is 21.1. The highest BCUT2D eigenvalue weighted by Gasteiger charge is 2.36.